The van der Waals surface area contributed by atoms with Crippen molar-refractivity contribution in [1.29, 1.82) is 0 Å². The van der Waals surface area contributed by atoms with Crippen molar-refractivity contribution in [3.05, 3.63) is 82.6 Å². The Morgan fingerprint density at radius 3 is 2.38 bits per heavy atom. The van der Waals surface area contributed by atoms with Gasteiger partial charge in [0.25, 0.3) is 5.91 Å². The Labute approximate surface area is 188 Å². The van der Waals surface area contributed by atoms with Crippen LogP contribution in [0.5, 0.6) is 0 Å². The predicted molar refractivity (Wildman–Crippen MR) is 120 cm³/mol. The first kappa shape index (κ1) is 20.6. The van der Waals surface area contributed by atoms with Crippen molar-refractivity contribution in [2.45, 2.75) is 26.1 Å². The van der Waals surface area contributed by atoms with Gasteiger partial charge >= 0.3 is 6.09 Å². The van der Waals surface area contributed by atoms with Gasteiger partial charge in [-0.1, -0.05) is 54.6 Å². The highest BCUT2D eigenvalue weighted by molar-refractivity contribution is 5.96. The number of rotatable bonds is 4. The van der Waals surface area contributed by atoms with E-state index in [1.165, 1.54) is 11.1 Å². The molecule has 0 atom stereocenters. The number of nitrogens with zero attached hydrogens (tertiary/aromatic N) is 4. The minimum Gasteiger partial charge on any atom is -0.433 e. The van der Waals surface area contributed by atoms with Crippen LogP contribution in [0.2, 0.25) is 0 Å². The van der Waals surface area contributed by atoms with Crippen LogP contribution < -0.4 is 0 Å². The summed E-state index contributed by atoms with van der Waals surface area (Å²) in [6, 6.07) is 18.3. The summed E-state index contributed by atoms with van der Waals surface area (Å²) in [4.78, 5) is 33.7. The van der Waals surface area contributed by atoms with Crippen molar-refractivity contribution >= 4 is 12.0 Å². The molecule has 0 saturated heterocycles. The molecule has 0 bridgehead atoms. The lowest BCUT2D eigenvalue weighted by Crippen LogP contribution is -2.51. The highest BCUT2D eigenvalue weighted by Gasteiger charge is 2.35. The quantitative estimate of drug-likeness (QED) is 0.744. The molecular weight excluding hydrogens is 404 g/mol. The first-order valence-electron chi connectivity index (χ1n) is 11.1. The lowest BCUT2D eigenvalue weighted by molar-refractivity contribution is -0.131. The van der Waals surface area contributed by atoms with Crippen molar-refractivity contribution in [2.24, 2.45) is 0 Å². The van der Waals surface area contributed by atoms with Gasteiger partial charge in [-0.15, -0.1) is 0 Å². The molecule has 7 heteroatoms. The first-order chi connectivity index (χ1) is 15.6. The number of carbonyl (C=O) groups is 2. The monoisotopic (exact) mass is 432 g/mol. The zero-order valence-corrected chi connectivity index (χ0v) is 18.4. The molecule has 0 radical (unpaired) electrons. The lowest BCUT2D eigenvalue weighted by Gasteiger charge is -2.42. The Kier molecular flexibility index (Phi) is 5.57. The molecule has 7 nitrogen and oxygen atoms in total. The fraction of sp³-hybridized carbons (Fsp3) is 0.360. The van der Waals surface area contributed by atoms with Gasteiger partial charge in [0.05, 0.1) is 18.8 Å². The number of hydrogen-bond acceptors (Lipinski definition) is 5. The van der Waals surface area contributed by atoms with Crippen LogP contribution in [-0.4, -0.2) is 65.1 Å². The maximum absolute atomic E-state index is 13.2. The molecule has 32 heavy (non-hydrogen) atoms. The van der Waals surface area contributed by atoms with E-state index < -0.39 is 0 Å². The van der Waals surface area contributed by atoms with Gasteiger partial charge in [0.15, 0.2) is 0 Å². The van der Waals surface area contributed by atoms with E-state index >= 15 is 0 Å². The molecular formula is C25H28N4O3. The lowest BCUT2D eigenvalue weighted by atomic mass is 10.0. The predicted octanol–water partition coefficient (Wildman–Crippen LogP) is 2.99. The molecule has 0 unspecified atom stereocenters. The summed E-state index contributed by atoms with van der Waals surface area (Å²) in [5.41, 5.74) is 5.40. The van der Waals surface area contributed by atoms with Crippen LogP contribution in [0.15, 0.2) is 65.9 Å². The van der Waals surface area contributed by atoms with Crippen LogP contribution in [0, 0.1) is 0 Å². The number of amides is 2. The van der Waals surface area contributed by atoms with Crippen LogP contribution in [0.1, 0.15) is 23.1 Å². The Morgan fingerprint density at radius 2 is 1.66 bits per heavy atom. The summed E-state index contributed by atoms with van der Waals surface area (Å²) in [6.45, 7) is 3.81. The van der Waals surface area contributed by atoms with Gasteiger partial charge in [-0.3, -0.25) is 9.69 Å². The molecule has 2 aromatic rings. The second-order valence-electron chi connectivity index (χ2n) is 8.72. The van der Waals surface area contributed by atoms with Gasteiger partial charge in [-0.25, -0.2) is 4.79 Å². The van der Waals surface area contributed by atoms with Gasteiger partial charge in [-0.2, -0.15) is 0 Å². The Bertz CT molecular complexity index is 1030. The molecule has 3 aliphatic heterocycles. The minimum absolute atomic E-state index is 0.00875. The average Bonchev–Trinajstić information content (AvgIpc) is 3.24. The molecule has 0 aliphatic carbocycles. The summed E-state index contributed by atoms with van der Waals surface area (Å²) in [5.74, 6) is 0.00875. The van der Waals surface area contributed by atoms with E-state index in [2.05, 4.69) is 21.9 Å². The summed E-state index contributed by atoms with van der Waals surface area (Å²) in [7, 11) is 2.01. The van der Waals surface area contributed by atoms with Gasteiger partial charge in [-0.05, 0) is 16.7 Å². The Hall–Kier alpha value is -3.32. The molecule has 0 N–H and O–H groups in total. The fourth-order valence-electron chi connectivity index (χ4n) is 4.78. The van der Waals surface area contributed by atoms with Gasteiger partial charge in [0.2, 0.25) is 0 Å². The van der Waals surface area contributed by atoms with Crippen molar-refractivity contribution in [3.8, 4) is 0 Å². The summed E-state index contributed by atoms with van der Waals surface area (Å²) in [5, 5.41) is 0. The van der Waals surface area contributed by atoms with E-state index in [1.54, 1.807) is 4.90 Å². The zero-order valence-electron chi connectivity index (χ0n) is 18.4. The summed E-state index contributed by atoms with van der Waals surface area (Å²) < 4.78 is 5.61. The highest BCUT2D eigenvalue weighted by Crippen LogP contribution is 2.28. The Balaban J connectivity index is 1.20. The number of hydrogen-bond donors (Lipinski definition) is 0. The average molecular weight is 433 g/mol. The molecule has 3 aliphatic rings. The van der Waals surface area contributed by atoms with Crippen LogP contribution >= 0.6 is 0 Å². The van der Waals surface area contributed by atoms with E-state index in [0.29, 0.717) is 38.3 Å². The third-order valence-corrected chi connectivity index (χ3v) is 6.46. The second kappa shape index (κ2) is 8.67. The van der Waals surface area contributed by atoms with Gasteiger partial charge in [0.1, 0.15) is 6.73 Å². The fourth-order valence-corrected chi connectivity index (χ4v) is 4.78. The molecule has 2 aromatic carbocycles. The smallest absolute Gasteiger partial charge is 0.411 e. The van der Waals surface area contributed by atoms with Crippen molar-refractivity contribution in [1.82, 2.24) is 19.6 Å². The topological polar surface area (TPSA) is 56.3 Å². The number of carbonyl (C=O) groups excluding carboxylic acids is 2. The molecule has 0 fully saturated rings. The highest BCUT2D eigenvalue weighted by atomic mass is 16.6. The van der Waals surface area contributed by atoms with E-state index in [9.17, 15) is 9.59 Å². The maximum atomic E-state index is 13.2. The van der Waals surface area contributed by atoms with E-state index in [-0.39, 0.29) is 18.7 Å². The van der Waals surface area contributed by atoms with Crippen LogP contribution in [0.4, 0.5) is 4.79 Å². The number of benzene rings is 2. The van der Waals surface area contributed by atoms with Crippen LogP contribution in [0.25, 0.3) is 0 Å². The minimum atomic E-state index is -0.358. The van der Waals surface area contributed by atoms with Crippen LogP contribution in [0.3, 0.4) is 0 Å². The number of fused-ring (bicyclic) bond motifs is 1. The van der Waals surface area contributed by atoms with Crippen LogP contribution in [-0.2, 0) is 29.2 Å². The molecule has 3 heterocycles. The largest absolute Gasteiger partial charge is 0.433 e. The maximum Gasteiger partial charge on any atom is 0.411 e. The summed E-state index contributed by atoms with van der Waals surface area (Å²) >= 11 is 0. The SMILES string of the molecule is CN1CN(Cc2ccccc2)C(=O)C2=C1CCN(C(=O)OCN1Cc3ccccc3C1)C2. The van der Waals surface area contributed by atoms with Crippen molar-refractivity contribution in [2.75, 3.05) is 33.5 Å². The normalized spacial score (nSPS) is 18.7. The molecule has 2 amide bonds. The van der Waals surface area contributed by atoms with E-state index in [1.807, 2.05) is 54.4 Å². The molecule has 0 aromatic heterocycles. The van der Waals surface area contributed by atoms with Crippen molar-refractivity contribution < 1.29 is 14.3 Å². The molecule has 0 saturated carbocycles. The second-order valence-corrected chi connectivity index (χ2v) is 8.72. The van der Waals surface area contributed by atoms with Gasteiger partial charge in [0, 0.05) is 45.3 Å². The number of ether oxygens (including phenoxy) is 1. The third-order valence-electron chi connectivity index (χ3n) is 6.46. The van der Waals surface area contributed by atoms with Gasteiger partial charge < -0.3 is 19.4 Å². The van der Waals surface area contributed by atoms with E-state index in [4.69, 9.17) is 4.74 Å². The van der Waals surface area contributed by atoms with E-state index in [0.717, 1.165) is 24.4 Å². The first-order valence-corrected chi connectivity index (χ1v) is 11.1. The molecule has 0 spiro atoms. The Morgan fingerprint density at radius 1 is 0.969 bits per heavy atom. The standard InChI is InChI=1S/C25H28N4O3/c1-26-17-29(13-19-7-3-2-4-8-19)24(30)22-16-28(12-11-23(22)26)25(31)32-18-27-14-20-9-5-6-10-21(20)15-27/h2-10H,11-18H2,1H3. The van der Waals surface area contributed by atoms with Crippen molar-refractivity contribution in [3.63, 3.8) is 0 Å². The zero-order chi connectivity index (χ0) is 22.1. The summed E-state index contributed by atoms with van der Waals surface area (Å²) in [6.07, 6.45) is 0.309. The third kappa shape index (κ3) is 4.08. The molecule has 5 rings (SSSR count). The molecule has 166 valence electrons.